The molecule has 7 nitrogen and oxygen atoms in total. The van der Waals surface area contributed by atoms with E-state index in [1.807, 2.05) is 0 Å². The maximum Gasteiger partial charge on any atom is 0.223 e. The van der Waals surface area contributed by atoms with Gasteiger partial charge in [-0.05, 0) is 0 Å². The van der Waals surface area contributed by atoms with Gasteiger partial charge in [0.2, 0.25) is 11.8 Å². The number of nitrogens with two attached hydrogens (primary N) is 2. The topological polar surface area (TPSA) is 108 Å². The normalized spacial score (nSPS) is 19.5. The average Bonchev–Trinajstić information content (AvgIpc) is 2.70. The minimum atomic E-state index is -0.415. The van der Waals surface area contributed by atoms with Crippen LogP contribution in [0.3, 0.4) is 0 Å². The molecule has 1 unspecified atom stereocenters. The van der Waals surface area contributed by atoms with Crippen LogP contribution in [0.5, 0.6) is 0 Å². The molecule has 1 atom stereocenters. The number of hydrogen-bond donors (Lipinski definition) is 2. The van der Waals surface area contributed by atoms with Gasteiger partial charge in [0.05, 0.1) is 32.3 Å². The third kappa shape index (κ3) is 4.99. The smallest absolute Gasteiger partial charge is 0.223 e. The molecule has 2 amide bonds. The predicted molar refractivity (Wildman–Crippen MR) is 64.6 cm³/mol. The van der Waals surface area contributed by atoms with Crippen LogP contribution in [0.1, 0.15) is 6.42 Å². The van der Waals surface area contributed by atoms with Crippen LogP contribution in [0, 0.1) is 5.92 Å². The van der Waals surface area contributed by atoms with E-state index in [9.17, 15) is 9.59 Å². The zero-order chi connectivity index (χ0) is 13.4. The number of likely N-dealkylation sites (tertiary alicyclic amines) is 1. The van der Waals surface area contributed by atoms with Crippen molar-refractivity contribution in [3.63, 3.8) is 0 Å². The Labute approximate surface area is 106 Å². The van der Waals surface area contributed by atoms with Crippen molar-refractivity contribution in [1.29, 1.82) is 0 Å². The van der Waals surface area contributed by atoms with Crippen molar-refractivity contribution in [2.24, 2.45) is 17.4 Å². The van der Waals surface area contributed by atoms with Crippen molar-refractivity contribution >= 4 is 11.8 Å². The first-order valence-electron chi connectivity index (χ1n) is 6.07. The molecular weight excluding hydrogens is 238 g/mol. The summed E-state index contributed by atoms with van der Waals surface area (Å²) >= 11 is 0. The zero-order valence-corrected chi connectivity index (χ0v) is 10.5. The molecule has 0 bridgehead atoms. The van der Waals surface area contributed by atoms with E-state index in [2.05, 4.69) is 0 Å². The van der Waals surface area contributed by atoms with Gasteiger partial charge in [0.1, 0.15) is 0 Å². The average molecular weight is 259 g/mol. The Morgan fingerprint density at radius 1 is 1.28 bits per heavy atom. The SMILES string of the molecule is NCCOCCOCCN1CC(C(N)=O)CC1=O. The van der Waals surface area contributed by atoms with Gasteiger partial charge >= 0.3 is 0 Å². The molecule has 7 heteroatoms. The highest BCUT2D eigenvalue weighted by atomic mass is 16.5. The fourth-order valence-corrected chi connectivity index (χ4v) is 1.76. The van der Waals surface area contributed by atoms with Crippen molar-refractivity contribution in [1.82, 2.24) is 4.90 Å². The van der Waals surface area contributed by atoms with E-state index in [0.29, 0.717) is 46.1 Å². The minimum Gasteiger partial charge on any atom is -0.378 e. The molecule has 0 aromatic heterocycles. The fraction of sp³-hybridized carbons (Fsp3) is 0.818. The monoisotopic (exact) mass is 259 g/mol. The molecule has 0 spiro atoms. The Kier molecular flexibility index (Phi) is 6.63. The Bertz CT molecular complexity index is 285. The Balaban J connectivity index is 2.06. The standard InChI is InChI=1S/C11H21N3O4/c12-1-3-17-5-6-18-4-2-14-8-9(11(13)16)7-10(14)15/h9H,1-8,12H2,(H2,13,16). The molecule has 0 radical (unpaired) electrons. The Hall–Kier alpha value is -1.18. The number of ether oxygens (including phenoxy) is 2. The number of carbonyl (C=O) groups excluding carboxylic acids is 2. The number of carbonyl (C=O) groups is 2. The molecule has 1 rings (SSSR count). The minimum absolute atomic E-state index is 0.0400. The van der Waals surface area contributed by atoms with Crippen molar-refractivity contribution in [3.05, 3.63) is 0 Å². The van der Waals surface area contributed by atoms with Gasteiger partial charge in [-0.2, -0.15) is 0 Å². The first kappa shape index (κ1) is 14.9. The molecule has 1 aliphatic heterocycles. The molecule has 1 heterocycles. The van der Waals surface area contributed by atoms with Gasteiger partial charge in [-0.25, -0.2) is 0 Å². The first-order valence-corrected chi connectivity index (χ1v) is 6.07. The Morgan fingerprint density at radius 2 is 1.94 bits per heavy atom. The summed E-state index contributed by atoms with van der Waals surface area (Å²) in [5, 5.41) is 0. The van der Waals surface area contributed by atoms with E-state index >= 15 is 0 Å². The van der Waals surface area contributed by atoms with Gasteiger partial charge in [0.15, 0.2) is 0 Å². The number of nitrogens with zero attached hydrogens (tertiary/aromatic N) is 1. The summed E-state index contributed by atoms with van der Waals surface area (Å²) in [5.74, 6) is -0.811. The van der Waals surface area contributed by atoms with Gasteiger partial charge in [0, 0.05) is 26.1 Å². The maximum atomic E-state index is 11.5. The lowest BCUT2D eigenvalue weighted by atomic mass is 10.1. The van der Waals surface area contributed by atoms with Crippen molar-refractivity contribution in [3.8, 4) is 0 Å². The Morgan fingerprint density at radius 3 is 2.50 bits per heavy atom. The van der Waals surface area contributed by atoms with Crippen molar-refractivity contribution in [2.75, 3.05) is 46.1 Å². The van der Waals surface area contributed by atoms with Crippen molar-refractivity contribution < 1.29 is 19.1 Å². The summed E-state index contributed by atoms with van der Waals surface area (Å²) in [5.41, 5.74) is 10.4. The van der Waals surface area contributed by atoms with Crippen LogP contribution in [-0.4, -0.2) is 62.8 Å². The lowest BCUT2D eigenvalue weighted by Crippen LogP contribution is -2.31. The third-order valence-electron chi connectivity index (χ3n) is 2.76. The lowest BCUT2D eigenvalue weighted by Gasteiger charge is -2.15. The second-order valence-corrected chi connectivity index (χ2v) is 4.16. The van der Waals surface area contributed by atoms with Gasteiger partial charge in [-0.15, -0.1) is 0 Å². The van der Waals surface area contributed by atoms with Crippen LogP contribution in [0.4, 0.5) is 0 Å². The van der Waals surface area contributed by atoms with E-state index < -0.39 is 5.91 Å². The van der Waals surface area contributed by atoms with Crippen LogP contribution in [0.15, 0.2) is 0 Å². The molecule has 18 heavy (non-hydrogen) atoms. The highest BCUT2D eigenvalue weighted by Gasteiger charge is 2.32. The van der Waals surface area contributed by atoms with Gasteiger partial charge in [0.25, 0.3) is 0 Å². The van der Waals surface area contributed by atoms with E-state index in [0.717, 1.165) is 0 Å². The summed E-state index contributed by atoms with van der Waals surface area (Å²) in [6.45, 7) is 3.31. The summed E-state index contributed by atoms with van der Waals surface area (Å²) in [4.78, 5) is 24.1. The van der Waals surface area contributed by atoms with Crippen molar-refractivity contribution in [2.45, 2.75) is 6.42 Å². The molecule has 0 aromatic carbocycles. The first-order chi connectivity index (χ1) is 8.65. The largest absolute Gasteiger partial charge is 0.378 e. The summed E-state index contributed by atoms with van der Waals surface area (Å²) < 4.78 is 10.4. The van der Waals surface area contributed by atoms with E-state index in [-0.39, 0.29) is 18.2 Å². The van der Waals surface area contributed by atoms with Crippen LogP contribution < -0.4 is 11.5 Å². The maximum absolute atomic E-state index is 11.5. The van der Waals surface area contributed by atoms with Crippen LogP contribution in [0.25, 0.3) is 0 Å². The number of hydrogen-bond acceptors (Lipinski definition) is 5. The quantitative estimate of drug-likeness (QED) is 0.480. The molecule has 1 aliphatic rings. The third-order valence-corrected chi connectivity index (χ3v) is 2.76. The highest BCUT2D eigenvalue weighted by Crippen LogP contribution is 2.16. The van der Waals surface area contributed by atoms with E-state index in [1.54, 1.807) is 4.90 Å². The molecule has 104 valence electrons. The van der Waals surface area contributed by atoms with Crippen LogP contribution in [-0.2, 0) is 19.1 Å². The molecule has 0 saturated carbocycles. The second-order valence-electron chi connectivity index (χ2n) is 4.16. The lowest BCUT2D eigenvalue weighted by molar-refractivity contribution is -0.129. The molecule has 1 fully saturated rings. The summed E-state index contributed by atoms with van der Waals surface area (Å²) in [6.07, 6.45) is 0.217. The number of rotatable bonds is 9. The van der Waals surface area contributed by atoms with Crippen LogP contribution >= 0.6 is 0 Å². The molecule has 0 aliphatic carbocycles. The van der Waals surface area contributed by atoms with Gasteiger partial charge in [-0.3, -0.25) is 9.59 Å². The summed E-state index contributed by atoms with van der Waals surface area (Å²) in [6, 6.07) is 0. The van der Waals surface area contributed by atoms with E-state index in [1.165, 1.54) is 0 Å². The molecule has 4 N–H and O–H groups in total. The van der Waals surface area contributed by atoms with Gasteiger partial charge in [-0.1, -0.05) is 0 Å². The summed E-state index contributed by atoms with van der Waals surface area (Å²) in [7, 11) is 0. The molecular formula is C11H21N3O4. The second kappa shape index (κ2) is 8.02. The van der Waals surface area contributed by atoms with Gasteiger partial charge < -0.3 is 25.8 Å². The zero-order valence-electron chi connectivity index (χ0n) is 10.5. The number of amides is 2. The highest BCUT2D eigenvalue weighted by molar-refractivity contribution is 5.88. The molecule has 1 saturated heterocycles. The fourth-order valence-electron chi connectivity index (χ4n) is 1.76. The number of primary amides is 1. The predicted octanol–water partition coefficient (Wildman–Crippen LogP) is -1.69. The van der Waals surface area contributed by atoms with E-state index in [4.69, 9.17) is 20.9 Å². The van der Waals surface area contributed by atoms with Crippen LogP contribution in [0.2, 0.25) is 0 Å². The molecule has 0 aromatic rings.